The predicted molar refractivity (Wildman–Crippen MR) is 109 cm³/mol. The number of anilines is 1. The fraction of sp³-hybridized carbons (Fsp3) is 0.650. The van der Waals surface area contributed by atoms with Crippen molar-refractivity contribution in [3.8, 4) is 11.5 Å². The van der Waals surface area contributed by atoms with E-state index in [-0.39, 0.29) is 5.96 Å². The Morgan fingerprint density at radius 1 is 1.21 bits per heavy atom. The first-order chi connectivity index (χ1) is 13.8. The minimum absolute atomic E-state index is 0.272. The second-order valence-corrected chi connectivity index (χ2v) is 7.04. The van der Waals surface area contributed by atoms with Gasteiger partial charge in [-0.1, -0.05) is 0 Å². The Bertz CT molecular complexity index is 660. The number of nitrogens with one attached hydrogen (secondary N) is 1. The maximum atomic E-state index is 12.5. The van der Waals surface area contributed by atoms with Crippen LogP contribution in [0.5, 0.6) is 11.5 Å². The van der Waals surface area contributed by atoms with Crippen LogP contribution in [0.1, 0.15) is 33.1 Å². The van der Waals surface area contributed by atoms with Gasteiger partial charge in [-0.15, -0.1) is 0 Å². The molecule has 0 amide bonds. The number of alkyl halides is 3. The van der Waals surface area contributed by atoms with Crippen molar-refractivity contribution in [3.63, 3.8) is 0 Å². The highest BCUT2D eigenvalue weighted by molar-refractivity contribution is 5.94. The van der Waals surface area contributed by atoms with E-state index in [2.05, 4.69) is 10.3 Å². The molecule has 1 fully saturated rings. The van der Waals surface area contributed by atoms with E-state index < -0.39 is 12.7 Å². The molecule has 6 nitrogen and oxygen atoms in total. The highest BCUT2D eigenvalue weighted by Gasteiger charge is 2.32. The fourth-order valence-electron chi connectivity index (χ4n) is 3.38. The van der Waals surface area contributed by atoms with Crippen molar-refractivity contribution >= 4 is 11.6 Å². The van der Waals surface area contributed by atoms with Crippen LogP contribution in [0.4, 0.5) is 18.9 Å². The summed E-state index contributed by atoms with van der Waals surface area (Å²) in [6, 6.07) is 5.46. The summed E-state index contributed by atoms with van der Waals surface area (Å²) in [5, 5.41) is 3.05. The lowest BCUT2D eigenvalue weighted by Gasteiger charge is -2.32. The number of likely N-dealkylation sites (tertiary alicyclic amines) is 1. The lowest BCUT2D eigenvalue weighted by atomic mass is 9.93. The first kappa shape index (κ1) is 23.1. The van der Waals surface area contributed by atoms with Crippen molar-refractivity contribution in [1.82, 2.24) is 4.90 Å². The van der Waals surface area contributed by atoms with E-state index in [0.717, 1.165) is 19.3 Å². The Morgan fingerprint density at radius 3 is 2.52 bits per heavy atom. The number of benzene rings is 1. The molecule has 0 unspecified atom stereocenters. The Kier molecular flexibility index (Phi) is 8.88. The predicted octanol–water partition coefficient (Wildman–Crippen LogP) is 3.88. The summed E-state index contributed by atoms with van der Waals surface area (Å²) in [7, 11) is 0. The van der Waals surface area contributed by atoms with Crippen molar-refractivity contribution in [3.05, 3.63) is 18.2 Å². The zero-order valence-corrected chi connectivity index (χ0v) is 17.1. The maximum Gasteiger partial charge on any atom is 0.401 e. The van der Waals surface area contributed by atoms with Crippen LogP contribution in [-0.4, -0.2) is 56.4 Å². The molecule has 0 bridgehead atoms. The number of halogens is 3. The molecule has 164 valence electrons. The SMILES string of the molecule is CCOc1ccc(OCC)c(NC(N)=NCCC2CCN(CC(F)(F)F)CC2)c1. The van der Waals surface area contributed by atoms with Crippen molar-refractivity contribution < 1.29 is 22.6 Å². The zero-order chi connectivity index (χ0) is 21.3. The van der Waals surface area contributed by atoms with E-state index >= 15 is 0 Å². The van der Waals surface area contributed by atoms with Crippen molar-refractivity contribution in [2.45, 2.75) is 39.3 Å². The minimum Gasteiger partial charge on any atom is -0.494 e. The molecule has 0 radical (unpaired) electrons. The summed E-state index contributed by atoms with van der Waals surface area (Å²) in [6.07, 6.45) is -1.82. The largest absolute Gasteiger partial charge is 0.494 e. The van der Waals surface area contributed by atoms with Gasteiger partial charge in [0.25, 0.3) is 0 Å². The molecular formula is C20H31F3N4O2. The van der Waals surface area contributed by atoms with E-state index in [1.807, 2.05) is 32.0 Å². The second kappa shape index (κ2) is 11.1. The lowest BCUT2D eigenvalue weighted by molar-refractivity contribution is -0.148. The van der Waals surface area contributed by atoms with Crippen LogP contribution in [0.2, 0.25) is 0 Å². The van der Waals surface area contributed by atoms with E-state index in [9.17, 15) is 13.2 Å². The van der Waals surface area contributed by atoms with E-state index in [4.69, 9.17) is 15.2 Å². The molecule has 1 aromatic carbocycles. The van der Waals surface area contributed by atoms with E-state index in [1.165, 1.54) is 4.90 Å². The summed E-state index contributed by atoms with van der Waals surface area (Å²) in [5.74, 6) is 2.01. The molecule has 1 aromatic rings. The molecule has 0 aliphatic carbocycles. The third kappa shape index (κ3) is 8.39. The number of ether oxygens (including phenoxy) is 2. The number of aliphatic imine (C=N–C) groups is 1. The highest BCUT2D eigenvalue weighted by atomic mass is 19.4. The Morgan fingerprint density at radius 2 is 1.90 bits per heavy atom. The molecule has 1 aliphatic rings. The Hall–Kier alpha value is -2.16. The maximum absolute atomic E-state index is 12.5. The van der Waals surface area contributed by atoms with Crippen molar-refractivity contribution in [1.29, 1.82) is 0 Å². The lowest BCUT2D eigenvalue weighted by Crippen LogP contribution is -2.40. The Labute approximate surface area is 170 Å². The average Bonchev–Trinajstić information content (AvgIpc) is 2.64. The summed E-state index contributed by atoms with van der Waals surface area (Å²) in [4.78, 5) is 5.83. The zero-order valence-electron chi connectivity index (χ0n) is 17.1. The molecule has 0 aromatic heterocycles. The van der Waals surface area contributed by atoms with E-state index in [1.54, 1.807) is 0 Å². The number of hydrogen-bond donors (Lipinski definition) is 2. The van der Waals surface area contributed by atoms with Gasteiger partial charge in [0.1, 0.15) is 11.5 Å². The van der Waals surface area contributed by atoms with Gasteiger partial charge in [0.05, 0.1) is 25.4 Å². The van der Waals surface area contributed by atoms with Gasteiger partial charge in [0.2, 0.25) is 0 Å². The highest BCUT2D eigenvalue weighted by Crippen LogP contribution is 2.29. The number of rotatable bonds is 9. The normalized spacial score (nSPS) is 16.7. The number of hydrogen-bond acceptors (Lipinski definition) is 4. The third-order valence-corrected chi connectivity index (χ3v) is 4.75. The molecule has 3 N–H and O–H groups in total. The summed E-state index contributed by atoms with van der Waals surface area (Å²) >= 11 is 0. The van der Waals surface area contributed by atoms with Crippen LogP contribution < -0.4 is 20.5 Å². The van der Waals surface area contributed by atoms with Gasteiger partial charge in [-0.05, 0) is 64.3 Å². The van der Waals surface area contributed by atoms with Gasteiger partial charge in [0.15, 0.2) is 5.96 Å². The fourth-order valence-corrected chi connectivity index (χ4v) is 3.38. The number of piperidine rings is 1. The minimum atomic E-state index is -4.13. The molecule has 0 saturated carbocycles. The van der Waals surface area contributed by atoms with Crippen LogP contribution in [0, 0.1) is 5.92 Å². The number of nitrogens with zero attached hydrogens (tertiary/aromatic N) is 2. The van der Waals surface area contributed by atoms with Crippen molar-refractivity contribution in [2.75, 3.05) is 44.7 Å². The summed E-state index contributed by atoms with van der Waals surface area (Å²) in [5.41, 5.74) is 6.69. The van der Waals surface area contributed by atoms with Gasteiger partial charge in [-0.2, -0.15) is 13.2 Å². The van der Waals surface area contributed by atoms with Gasteiger partial charge in [-0.3, -0.25) is 9.89 Å². The van der Waals surface area contributed by atoms with Gasteiger partial charge >= 0.3 is 6.18 Å². The van der Waals surface area contributed by atoms with E-state index in [0.29, 0.717) is 56.0 Å². The summed E-state index contributed by atoms with van der Waals surface area (Å²) in [6.45, 7) is 5.54. The average molecular weight is 416 g/mol. The molecule has 0 atom stereocenters. The van der Waals surface area contributed by atoms with Crippen LogP contribution in [0.25, 0.3) is 0 Å². The molecule has 0 spiro atoms. The first-order valence-corrected chi connectivity index (χ1v) is 10.1. The smallest absolute Gasteiger partial charge is 0.401 e. The molecule has 1 aliphatic heterocycles. The van der Waals surface area contributed by atoms with Gasteiger partial charge in [0, 0.05) is 12.6 Å². The third-order valence-electron chi connectivity index (χ3n) is 4.75. The number of guanidine groups is 1. The van der Waals surface area contributed by atoms with Crippen LogP contribution in [0.15, 0.2) is 23.2 Å². The van der Waals surface area contributed by atoms with Crippen LogP contribution >= 0.6 is 0 Å². The molecule has 1 saturated heterocycles. The molecule has 29 heavy (non-hydrogen) atoms. The van der Waals surface area contributed by atoms with Crippen molar-refractivity contribution in [2.24, 2.45) is 16.6 Å². The standard InChI is InChI=1S/C20H31F3N4O2/c1-3-28-16-5-6-18(29-4-2)17(13-16)26-19(24)25-10-7-15-8-11-27(12-9-15)14-20(21,22)23/h5-6,13,15H,3-4,7-12,14H2,1-2H3,(H3,24,25,26). The molecule has 1 heterocycles. The topological polar surface area (TPSA) is 72.1 Å². The van der Waals surface area contributed by atoms with Crippen LogP contribution in [0.3, 0.4) is 0 Å². The molecule has 2 rings (SSSR count). The molecular weight excluding hydrogens is 385 g/mol. The Balaban J connectivity index is 1.83. The number of nitrogens with two attached hydrogens (primary N) is 1. The monoisotopic (exact) mass is 416 g/mol. The van der Waals surface area contributed by atoms with Crippen LogP contribution in [-0.2, 0) is 0 Å². The quantitative estimate of drug-likeness (QED) is 0.472. The van der Waals surface area contributed by atoms with Gasteiger partial charge in [-0.25, -0.2) is 0 Å². The summed E-state index contributed by atoms with van der Waals surface area (Å²) < 4.78 is 48.5. The molecule has 9 heteroatoms. The first-order valence-electron chi connectivity index (χ1n) is 10.1. The van der Waals surface area contributed by atoms with Gasteiger partial charge < -0.3 is 20.5 Å². The second-order valence-electron chi connectivity index (χ2n) is 7.04.